The summed E-state index contributed by atoms with van der Waals surface area (Å²) in [5.41, 5.74) is 2.82. The van der Waals surface area contributed by atoms with Crippen molar-refractivity contribution in [3.63, 3.8) is 0 Å². The number of imidazole rings is 1. The molecular weight excluding hydrogens is 403 g/mol. The summed E-state index contributed by atoms with van der Waals surface area (Å²) >= 11 is 1.57. The van der Waals surface area contributed by atoms with Gasteiger partial charge in [-0.05, 0) is 36.8 Å². The first-order valence-corrected chi connectivity index (χ1v) is 10.3. The predicted molar refractivity (Wildman–Crippen MR) is 114 cm³/mol. The third-order valence-corrected chi connectivity index (χ3v) is 5.50. The van der Waals surface area contributed by atoms with Crippen molar-refractivity contribution >= 4 is 28.3 Å². The molecule has 30 heavy (non-hydrogen) atoms. The van der Waals surface area contributed by atoms with Crippen LogP contribution in [0.25, 0.3) is 11.0 Å². The number of amides is 1. The van der Waals surface area contributed by atoms with E-state index in [0.717, 1.165) is 21.9 Å². The normalized spacial score (nSPS) is 11.1. The summed E-state index contributed by atoms with van der Waals surface area (Å²) in [5.74, 6) is 0.938. The van der Waals surface area contributed by atoms with Crippen molar-refractivity contribution in [2.24, 2.45) is 0 Å². The van der Waals surface area contributed by atoms with E-state index in [9.17, 15) is 9.18 Å². The van der Waals surface area contributed by atoms with E-state index in [2.05, 4.69) is 9.97 Å². The standard InChI is InChI=1S/C22H21FN4O2S/c1-14-25-18-10-16(22(28)26(2)3)11-19(29-13-15-4-6-17(23)7-5-15)21(18)27(14)12-20-24-8-9-30-20/h4-11H,12-13H2,1-3H3. The van der Waals surface area contributed by atoms with Gasteiger partial charge < -0.3 is 14.2 Å². The minimum atomic E-state index is -0.295. The molecule has 0 fully saturated rings. The van der Waals surface area contributed by atoms with Gasteiger partial charge in [0.1, 0.15) is 34.5 Å². The number of aryl methyl sites for hydroxylation is 1. The third kappa shape index (κ3) is 4.04. The van der Waals surface area contributed by atoms with E-state index in [1.165, 1.54) is 17.0 Å². The van der Waals surface area contributed by atoms with Gasteiger partial charge in [0, 0.05) is 31.2 Å². The maximum absolute atomic E-state index is 13.2. The largest absolute Gasteiger partial charge is 0.487 e. The van der Waals surface area contributed by atoms with Gasteiger partial charge in [-0.2, -0.15) is 0 Å². The monoisotopic (exact) mass is 424 g/mol. The molecule has 0 radical (unpaired) electrons. The Morgan fingerprint density at radius 1 is 1.23 bits per heavy atom. The molecule has 8 heteroatoms. The van der Waals surface area contributed by atoms with Crippen molar-refractivity contribution in [1.82, 2.24) is 19.4 Å². The number of nitrogens with zero attached hydrogens (tertiary/aromatic N) is 4. The number of rotatable bonds is 6. The minimum absolute atomic E-state index is 0.129. The van der Waals surface area contributed by atoms with Gasteiger partial charge >= 0.3 is 0 Å². The second-order valence-electron chi connectivity index (χ2n) is 7.13. The zero-order valence-electron chi connectivity index (χ0n) is 16.9. The van der Waals surface area contributed by atoms with E-state index >= 15 is 0 Å². The molecule has 6 nitrogen and oxygen atoms in total. The Hall–Kier alpha value is -3.26. The average molecular weight is 425 g/mol. The van der Waals surface area contributed by atoms with E-state index in [1.54, 1.807) is 55.9 Å². The zero-order chi connectivity index (χ0) is 21.3. The first-order valence-electron chi connectivity index (χ1n) is 9.40. The molecule has 0 atom stereocenters. The number of carbonyl (C=O) groups excluding carboxylic acids is 1. The lowest BCUT2D eigenvalue weighted by Gasteiger charge is -2.14. The van der Waals surface area contributed by atoms with Gasteiger partial charge in [0.15, 0.2) is 0 Å². The zero-order valence-corrected chi connectivity index (χ0v) is 17.7. The molecule has 4 rings (SSSR count). The number of hydrogen-bond donors (Lipinski definition) is 0. The number of ether oxygens (including phenoxy) is 1. The van der Waals surface area contributed by atoms with Gasteiger partial charge in [-0.1, -0.05) is 12.1 Å². The highest BCUT2D eigenvalue weighted by Crippen LogP contribution is 2.31. The predicted octanol–water partition coefficient (Wildman–Crippen LogP) is 4.27. The van der Waals surface area contributed by atoms with Crippen LogP contribution in [0.5, 0.6) is 5.75 Å². The van der Waals surface area contributed by atoms with Crippen LogP contribution in [0.3, 0.4) is 0 Å². The topological polar surface area (TPSA) is 60.3 Å². The number of halogens is 1. The second kappa shape index (κ2) is 8.23. The number of carbonyl (C=O) groups is 1. The Morgan fingerprint density at radius 2 is 2.00 bits per heavy atom. The van der Waals surface area contributed by atoms with E-state index in [-0.39, 0.29) is 18.3 Å². The molecular formula is C22H21FN4O2S. The fourth-order valence-corrected chi connectivity index (χ4v) is 3.84. The summed E-state index contributed by atoms with van der Waals surface area (Å²) in [6.07, 6.45) is 1.77. The molecule has 2 heterocycles. The fraction of sp³-hybridized carbons (Fsp3) is 0.227. The van der Waals surface area contributed by atoms with Gasteiger partial charge in [-0.25, -0.2) is 14.4 Å². The smallest absolute Gasteiger partial charge is 0.253 e. The van der Waals surface area contributed by atoms with E-state index in [0.29, 0.717) is 23.4 Å². The number of thiazole rings is 1. The van der Waals surface area contributed by atoms with Crippen LogP contribution >= 0.6 is 11.3 Å². The van der Waals surface area contributed by atoms with Crippen LogP contribution in [0, 0.1) is 12.7 Å². The molecule has 0 saturated carbocycles. The fourth-order valence-electron chi connectivity index (χ4n) is 3.24. The molecule has 0 aliphatic rings. The Bertz CT molecular complexity index is 1180. The molecule has 2 aromatic heterocycles. The van der Waals surface area contributed by atoms with Crippen LogP contribution in [-0.4, -0.2) is 39.4 Å². The van der Waals surface area contributed by atoms with Crippen molar-refractivity contribution in [3.05, 3.63) is 75.8 Å². The molecule has 0 aliphatic carbocycles. The number of hydrogen-bond acceptors (Lipinski definition) is 5. The molecule has 2 aromatic carbocycles. The van der Waals surface area contributed by atoms with Crippen LogP contribution in [0.15, 0.2) is 48.0 Å². The van der Waals surface area contributed by atoms with E-state index in [1.807, 2.05) is 16.9 Å². The second-order valence-corrected chi connectivity index (χ2v) is 8.11. The molecule has 0 spiro atoms. The molecule has 4 aromatic rings. The lowest BCUT2D eigenvalue weighted by Crippen LogP contribution is -2.21. The molecule has 154 valence electrons. The Kier molecular flexibility index (Phi) is 5.50. The molecule has 1 amide bonds. The quantitative estimate of drug-likeness (QED) is 0.464. The SMILES string of the molecule is Cc1nc2cc(C(=O)N(C)C)cc(OCc3ccc(F)cc3)c2n1Cc1nccs1. The highest BCUT2D eigenvalue weighted by Gasteiger charge is 2.19. The van der Waals surface area contributed by atoms with Crippen molar-refractivity contribution in [1.29, 1.82) is 0 Å². The lowest BCUT2D eigenvalue weighted by molar-refractivity contribution is 0.0827. The van der Waals surface area contributed by atoms with Gasteiger partial charge in [0.25, 0.3) is 5.91 Å². The van der Waals surface area contributed by atoms with Gasteiger partial charge in [0.05, 0.1) is 12.1 Å². The van der Waals surface area contributed by atoms with Gasteiger partial charge in [-0.3, -0.25) is 4.79 Å². The van der Waals surface area contributed by atoms with Crippen LogP contribution in [0.4, 0.5) is 4.39 Å². The average Bonchev–Trinajstić information content (AvgIpc) is 3.34. The Morgan fingerprint density at radius 3 is 2.67 bits per heavy atom. The third-order valence-electron chi connectivity index (χ3n) is 4.74. The van der Waals surface area contributed by atoms with Crippen LogP contribution in [0.2, 0.25) is 0 Å². The number of aromatic nitrogens is 3. The molecule has 0 unspecified atom stereocenters. The summed E-state index contributed by atoms with van der Waals surface area (Å²) < 4.78 is 21.4. The molecule has 0 aliphatic heterocycles. The molecule has 0 bridgehead atoms. The van der Waals surface area contributed by atoms with Crippen molar-refractivity contribution in [2.45, 2.75) is 20.1 Å². The van der Waals surface area contributed by atoms with Crippen molar-refractivity contribution < 1.29 is 13.9 Å². The van der Waals surface area contributed by atoms with Gasteiger partial charge in [-0.15, -0.1) is 11.3 Å². The maximum Gasteiger partial charge on any atom is 0.253 e. The lowest BCUT2D eigenvalue weighted by atomic mass is 10.1. The minimum Gasteiger partial charge on any atom is -0.487 e. The van der Waals surface area contributed by atoms with Crippen molar-refractivity contribution in [2.75, 3.05) is 14.1 Å². The summed E-state index contributed by atoms with van der Waals surface area (Å²) in [6, 6.07) is 9.69. The van der Waals surface area contributed by atoms with Crippen LogP contribution < -0.4 is 4.74 Å². The molecule has 0 saturated heterocycles. The summed E-state index contributed by atoms with van der Waals surface area (Å²) in [5, 5.41) is 2.89. The summed E-state index contributed by atoms with van der Waals surface area (Å²) in [4.78, 5) is 23.1. The van der Waals surface area contributed by atoms with E-state index in [4.69, 9.17) is 4.74 Å². The van der Waals surface area contributed by atoms with Crippen molar-refractivity contribution in [3.8, 4) is 5.75 Å². The highest BCUT2D eigenvalue weighted by molar-refractivity contribution is 7.09. The summed E-state index contributed by atoms with van der Waals surface area (Å²) in [6.45, 7) is 2.73. The Balaban J connectivity index is 1.78. The van der Waals surface area contributed by atoms with Crippen LogP contribution in [-0.2, 0) is 13.2 Å². The number of benzene rings is 2. The Labute approximate surface area is 177 Å². The van der Waals surface area contributed by atoms with Crippen LogP contribution in [0.1, 0.15) is 26.8 Å². The first kappa shape index (κ1) is 20.0. The highest BCUT2D eigenvalue weighted by atomic mass is 32.1. The summed E-state index contributed by atoms with van der Waals surface area (Å²) in [7, 11) is 3.41. The first-order chi connectivity index (χ1) is 14.4. The molecule has 0 N–H and O–H groups in total. The van der Waals surface area contributed by atoms with E-state index < -0.39 is 0 Å². The maximum atomic E-state index is 13.2. The number of fused-ring (bicyclic) bond motifs is 1. The van der Waals surface area contributed by atoms with Gasteiger partial charge in [0.2, 0.25) is 0 Å².